The van der Waals surface area contributed by atoms with Crippen molar-refractivity contribution in [3.05, 3.63) is 52.2 Å². The van der Waals surface area contributed by atoms with Crippen LogP contribution < -0.4 is 10.1 Å². The van der Waals surface area contributed by atoms with Crippen LogP contribution in [0.25, 0.3) is 0 Å². The molecule has 0 aliphatic heterocycles. The average Bonchev–Trinajstić information content (AvgIpc) is 3.06. The van der Waals surface area contributed by atoms with E-state index in [1.807, 2.05) is 13.8 Å². The first-order chi connectivity index (χ1) is 11.0. The van der Waals surface area contributed by atoms with Crippen LogP contribution in [0.1, 0.15) is 35.2 Å². The highest BCUT2D eigenvalue weighted by molar-refractivity contribution is 7.11. The highest BCUT2D eigenvalue weighted by atomic mass is 32.1. The smallest absolute Gasteiger partial charge is 0.349 e. The lowest BCUT2D eigenvalue weighted by Gasteiger charge is -2.19. The summed E-state index contributed by atoms with van der Waals surface area (Å²) in [6, 6.07) is 10.3. The Morgan fingerprint density at radius 1 is 1.13 bits per heavy atom. The van der Waals surface area contributed by atoms with Gasteiger partial charge < -0.3 is 14.8 Å². The Hall–Kier alpha value is -2.34. The zero-order valence-corrected chi connectivity index (χ0v) is 14.1. The number of benzene rings is 1. The van der Waals surface area contributed by atoms with Gasteiger partial charge >= 0.3 is 5.97 Å². The highest BCUT2D eigenvalue weighted by Crippen LogP contribution is 2.23. The lowest BCUT2D eigenvalue weighted by atomic mass is 10.1. The molecule has 1 amide bonds. The molecule has 1 N–H and O–H groups in total. The van der Waals surface area contributed by atoms with Crippen molar-refractivity contribution in [1.29, 1.82) is 0 Å². The van der Waals surface area contributed by atoms with Crippen molar-refractivity contribution in [1.82, 2.24) is 5.32 Å². The second kappa shape index (κ2) is 7.78. The van der Waals surface area contributed by atoms with Crippen molar-refractivity contribution in [2.75, 3.05) is 7.11 Å². The number of esters is 1. The van der Waals surface area contributed by atoms with Crippen LogP contribution in [0.15, 0.2) is 41.8 Å². The highest BCUT2D eigenvalue weighted by Gasteiger charge is 2.26. The van der Waals surface area contributed by atoms with Gasteiger partial charge in [0.15, 0.2) is 0 Å². The summed E-state index contributed by atoms with van der Waals surface area (Å²) in [7, 11) is 1.56. The van der Waals surface area contributed by atoms with Crippen molar-refractivity contribution < 1.29 is 19.1 Å². The van der Waals surface area contributed by atoms with E-state index in [1.165, 1.54) is 11.3 Å². The molecule has 0 spiro atoms. The molecule has 2 rings (SSSR count). The predicted molar refractivity (Wildman–Crippen MR) is 88.7 cm³/mol. The van der Waals surface area contributed by atoms with E-state index in [1.54, 1.807) is 48.9 Å². The first-order valence-corrected chi connectivity index (χ1v) is 8.08. The number of hydrogen-bond donors (Lipinski definition) is 1. The molecule has 23 heavy (non-hydrogen) atoms. The number of thiophene rings is 1. The maximum atomic E-state index is 12.4. The molecule has 0 fully saturated rings. The third-order valence-corrected chi connectivity index (χ3v) is 3.88. The Balaban J connectivity index is 2.23. The number of hydrogen-bond acceptors (Lipinski definition) is 5. The van der Waals surface area contributed by atoms with E-state index in [0.29, 0.717) is 16.2 Å². The van der Waals surface area contributed by atoms with Gasteiger partial charge in [0.1, 0.15) is 10.6 Å². The number of methoxy groups -OCH3 is 1. The van der Waals surface area contributed by atoms with Gasteiger partial charge in [0.2, 0.25) is 6.10 Å². The van der Waals surface area contributed by atoms with Gasteiger partial charge in [0.25, 0.3) is 5.91 Å². The normalized spacial score (nSPS) is 11.8. The summed E-state index contributed by atoms with van der Waals surface area (Å²) in [6.45, 7) is 3.70. The molecular weight excluding hydrogens is 314 g/mol. The molecule has 0 saturated carbocycles. The monoisotopic (exact) mass is 333 g/mol. The van der Waals surface area contributed by atoms with E-state index in [2.05, 4.69) is 5.32 Å². The fourth-order valence-corrected chi connectivity index (χ4v) is 2.58. The van der Waals surface area contributed by atoms with Crippen molar-refractivity contribution >= 4 is 23.2 Å². The summed E-state index contributed by atoms with van der Waals surface area (Å²) >= 11 is 1.27. The first kappa shape index (κ1) is 17.0. The minimum atomic E-state index is -1.00. The van der Waals surface area contributed by atoms with Crippen LogP contribution >= 0.6 is 11.3 Å². The van der Waals surface area contributed by atoms with Gasteiger partial charge in [0.05, 0.1) is 7.11 Å². The third kappa shape index (κ3) is 4.56. The molecule has 1 heterocycles. The Morgan fingerprint density at radius 2 is 1.83 bits per heavy atom. The molecule has 0 aliphatic carbocycles. The number of carbonyl (C=O) groups excluding carboxylic acids is 2. The number of nitrogens with one attached hydrogen (secondary N) is 1. The summed E-state index contributed by atoms with van der Waals surface area (Å²) in [5, 5.41) is 4.56. The lowest BCUT2D eigenvalue weighted by molar-refractivity contribution is -0.130. The van der Waals surface area contributed by atoms with Crippen LogP contribution in [0.5, 0.6) is 5.75 Å². The zero-order valence-electron chi connectivity index (χ0n) is 13.2. The molecule has 0 radical (unpaired) electrons. The zero-order chi connectivity index (χ0) is 16.8. The summed E-state index contributed by atoms with van der Waals surface area (Å²) in [5.41, 5.74) is 0.592. The van der Waals surface area contributed by atoms with Crippen molar-refractivity contribution in [2.24, 2.45) is 0 Å². The van der Waals surface area contributed by atoms with E-state index < -0.39 is 12.1 Å². The van der Waals surface area contributed by atoms with E-state index >= 15 is 0 Å². The van der Waals surface area contributed by atoms with Gasteiger partial charge in [-0.2, -0.15) is 0 Å². The molecule has 5 nitrogen and oxygen atoms in total. The second-order valence-corrected chi connectivity index (χ2v) is 6.15. The van der Waals surface area contributed by atoms with Crippen LogP contribution in [0.3, 0.4) is 0 Å². The molecule has 0 aliphatic rings. The van der Waals surface area contributed by atoms with Gasteiger partial charge in [-0.1, -0.05) is 18.2 Å². The number of ether oxygens (including phenoxy) is 2. The second-order valence-electron chi connectivity index (χ2n) is 5.20. The molecule has 1 aromatic heterocycles. The van der Waals surface area contributed by atoms with E-state index in [4.69, 9.17) is 9.47 Å². The van der Waals surface area contributed by atoms with Crippen molar-refractivity contribution in [3.63, 3.8) is 0 Å². The Kier molecular flexibility index (Phi) is 5.76. The van der Waals surface area contributed by atoms with Crippen LogP contribution in [0.4, 0.5) is 0 Å². The van der Waals surface area contributed by atoms with Gasteiger partial charge in [-0.25, -0.2) is 4.79 Å². The van der Waals surface area contributed by atoms with Crippen molar-refractivity contribution in [2.45, 2.75) is 26.0 Å². The molecular formula is C17H19NO4S. The van der Waals surface area contributed by atoms with Crippen LogP contribution in [-0.2, 0) is 9.53 Å². The van der Waals surface area contributed by atoms with Gasteiger partial charge in [-0.05, 0) is 37.4 Å². The quantitative estimate of drug-likeness (QED) is 0.825. The van der Waals surface area contributed by atoms with Crippen LogP contribution in [0, 0.1) is 0 Å². The van der Waals surface area contributed by atoms with Gasteiger partial charge in [-0.3, -0.25) is 4.79 Å². The Labute approximate surface area is 139 Å². The SMILES string of the molecule is COc1ccc(C(OC(=O)c2cccs2)C(=O)NC(C)C)cc1. The third-order valence-electron chi connectivity index (χ3n) is 3.03. The first-order valence-electron chi connectivity index (χ1n) is 7.20. The van der Waals surface area contributed by atoms with Gasteiger partial charge in [-0.15, -0.1) is 11.3 Å². The summed E-state index contributed by atoms with van der Waals surface area (Å²) in [4.78, 5) is 25.0. The Morgan fingerprint density at radius 3 is 2.35 bits per heavy atom. The van der Waals surface area contributed by atoms with E-state index in [0.717, 1.165) is 0 Å². The maximum absolute atomic E-state index is 12.4. The number of amides is 1. The fourth-order valence-electron chi connectivity index (χ4n) is 1.97. The predicted octanol–water partition coefficient (Wildman–Crippen LogP) is 3.18. The molecule has 1 aromatic carbocycles. The topological polar surface area (TPSA) is 64.6 Å². The van der Waals surface area contributed by atoms with Crippen LogP contribution in [0.2, 0.25) is 0 Å². The molecule has 1 unspecified atom stereocenters. The average molecular weight is 333 g/mol. The lowest BCUT2D eigenvalue weighted by Crippen LogP contribution is -2.36. The molecule has 0 saturated heterocycles. The standard InChI is InChI=1S/C17H19NO4S/c1-11(2)18-16(19)15(12-6-8-13(21-3)9-7-12)22-17(20)14-5-4-10-23-14/h4-11,15H,1-3H3,(H,18,19). The minimum Gasteiger partial charge on any atom is -0.497 e. The summed E-state index contributed by atoms with van der Waals surface area (Å²) in [5.74, 6) is -0.198. The molecule has 1 atom stereocenters. The number of carbonyl (C=O) groups is 2. The maximum Gasteiger partial charge on any atom is 0.349 e. The summed E-state index contributed by atoms with van der Waals surface area (Å²) < 4.78 is 10.5. The summed E-state index contributed by atoms with van der Waals surface area (Å²) in [6.07, 6.45) is -1.00. The van der Waals surface area contributed by atoms with Crippen LogP contribution in [-0.4, -0.2) is 25.0 Å². The largest absolute Gasteiger partial charge is 0.497 e. The molecule has 2 aromatic rings. The number of rotatable bonds is 6. The Bertz CT molecular complexity index is 650. The fraction of sp³-hybridized carbons (Fsp3) is 0.294. The molecule has 0 bridgehead atoms. The molecule has 6 heteroatoms. The van der Waals surface area contributed by atoms with E-state index in [-0.39, 0.29) is 11.9 Å². The molecule has 122 valence electrons. The van der Waals surface area contributed by atoms with Gasteiger partial charge in [0, 0.05) is 11.6 Å². The minimum absolute atomic E-state index is 0.0521. The van der Waals surface area contributed by atoms with Crippen molar-refractivity contribution in [3.8, 4) is 5.75 Å². The van der Waals surface area contributed by atoms with E-state index in [9.17, 15) is 9.59 Å².